The van der Waals surface area contributed by atoms with Gasteiger partial charge in [-0.05, 0) is 37.7 Å². The number of hydrogen-bond donors (Lipinski definition) is 3. The molecule has 0 fully saturated rings. The van der Waals surface area contributed by atoms with Crippen LogP contribution >= 0.6 is 0 Å². The van der Waals surface area contributed by atoms with Crippen LogP contribution in [0.4, 0.5) is 0 Å². The van der Waals surface area contributed by atoms with Gasteiger partial charge in [0.15, 0.2) is 5.96 Å². The predicted molar refractivity (Wildman–Crippen MR) is 103 cm³/mol. The summed E-state index contributed by atoms with van der Waals surface area (Å²) in [5.41, 5.74) is 1.26. The Morgan fingerprint density at radius 2 is 2.04 bits per heavy atom. The number of ether oxygens (including phenoxy) is 1. The van der Waals surface area contributed by atoms with Gasteiger partial charge in [0, 0.05) is 31.7 Å². The molecule has 0 aromatic heterocycles. The fourth-order valence-corrected chi connectivity index (χ4v) is 3.37. The molecule has 1 heterocycles. The maximum Gasteiger partial charge on any atom is 0.191 e. The molecular weight excluding hydrogens is 314 g/mol. The lowest BCUT2D eigenvalue weighted by molar-refractivity contribution is 0.175. The van der Waals surface area contributed by atoms with E-state index in [1.54, 1.807) is 0 Å². The maximum absolute atomic E-state index is 9.41. The molecule has 0 bridgehead atoms. The van der Waals surface area contributed by atoms with Crippen LogP contribution in [0.25, 0.3) is 0 Å². The van der Waals surface area contributed by atoms with E-state index in [0.29, 0.717) is 6.61 Å². The van der Waals surface area contributed by atoms with E-state index in [1.165, 1.54) is 5.56 Å². The average molecular weight is 348 g/mol. The molecule has 1 aliphatic rings. The van der Waals surface area contributed by atoms with E-state index in [-0.39, 0.29) is 18.1 Å². The van der Waals surface area contributed by atoms with Crippen LogP contribution in [0.5, 0.6) is 5.75 Å². The summed E-state index contributed by atoms with van der Waals surface area (Å²) in [5, 5.41) is 16.3. The molecule has 0 saturated carbocycles. The number of benzene rings is 1. The number of rotatable bonds is 8. The number of guanidine groups is 1. The van der Waals surface area contributed by atoms with E-state index >= 15 is 0 Å². The van der Waals surface area contributed by atoms with Crippen molar-refractivity contribution in [1.82, 2.24) is 10.6 Å². The van der Waals surface area contributed by atoms with Crippen molar-refractivity contribution in [3.05, 3.63) is 29.8 Å². The van der Waals surface area contributed by atoms with Crippen LogP contribution in [0.2, 0.25) is 0 Å². The minimum atomic E-state index is 0.0741. The molecule has 3 N–H and O–H groups in total. The highest BCUT2D eigenvalue weighted by Gasteiger charge is 2.26. The van der Waals surface area contributed by atoms with Crippen molar-refractivity contribution in [3.63, 3.8) is 0 Å². The first-order chi connectivity index (χ1) is 12.2. The predicted octanol–water partition coefficient (Wildman–Crippen LogP) is 3.25. The molecule has 0 aliphatic carbocycles. The lowest BCUT2D eigenvalue weighted by atomic mass is 9.79. The van der Waals surface area contributed by atoms with E-state index < -0.39 is 0 Å². The van der Waals surface area contributed by atoms with Gasteiger partial charge in [-0.3, -0.25) is 4.99 Å². The van der Waals surface area contributed by atoms with Gasteiger partial charge in [-0.1, -0.05) is 32.0 Å². The van der Waals surface area contributed by atoms with E-state index in [4.69, 9.17) is 9.73 Å². The Morgan fingerprint density at radius 1 is 1.28 bits per heavy atom. The largest absolute Gasteiger partial charge is 0.493 e. The molecule has 140 valence electrons. The number of nitrogens with zero attached hydrogens (tertiary/aromatic N) is 1. The van der Waals surface area contributed by atoms with Gasteiger partial charge < -0.3 is 20.5 Å². The summed E-state index contributed by atoms with van der Waals surface area (Å²) < 4.78 is 5.75. The first kappa shape index (κ1) is 19.6. The highest BCUT2D eigenvalue weighted by atomic mass is 16.5. The quantitative estimate of drug-likeness (QED) is 0.499. The Morgan fingerprint density at radius 3 is 2.72 bits per heavy atom. The van der Waals surface area contributed by atoms with E-state index in [0.717, 1.165) is 50.5 Å². The van der Waals surface area contributed by atoms with Gasteiger partial charge in [0.05, 0.1) is 12.6 Å². The molecule has 5 heteroatoms. The van der Waals surface area contributed by atoms with Gasteiger partial charge in [-0.15, -0.1) is 0 Å². The van der Waals surface area contributed by atoms with Crippen molar-refractivity contribution < 1.29 is 9.84 Å². The number of aliphatic hydroxyl groups is 1. The number of aliphatic hydroxyl groups excluding tert-OH is 1. The van der Waals surface area contributed by atoms with Crippen LogP contribution in [-0.2, 0) is 0 Å². The summed E-state index contributed by atoms with van der Waals surface area (Å²) in [6.07, 6.45) is 3.76. The molecule has 25 heavy (non-hydrogen) atoms. The highest BCUT2D eigenvalue weighted by Crippen LogP contribution is 2.32. The summed E-state index contributed by atoms with van der Waals surface area (Å²) in [6, 6.07) is 8.40. The van der Waals surface area contributed by atoms with Crippen LogP contribution in [0.1, 0.15) is 58.1 Å². The Kier molecular flexibility index (Phi) is 7.56. The van der Waals surface area contributed by atoms with Crippen molar-refractivity contribution in [2.45, 2.75) is 52.5 Å². The Bertz CT molecular complexity index is 556. The molecule has 1 aromatic rings. The van der Waals surface area contributed by atoms with Gasteiger partial charge in [0.1, 0.15) is 5.75 Å². The number of aliphatic imine (C=N–C) groups is 1. The number of para-hydroxylation sites is 1. The van der Waals surface area contributed by atoms with Crippen LogP contribution in [-0.4, -0.2) is 37.4 Å². The molecule has 1 atom stereocenters. The SMILES string of the molecule is CCNC(=NCC(CC)(CC)CCO)NC1CCOc2ccccc21. The average Bonchev–Trinajstić information content (AvgIpc) is 2.65. The Hall–Kier alpha value is -1.75. The van der Waals surface area contributed by atoms with Gasteiger partial charge in [0.2, 0.25) is 0 Å². The Balaban J connectivity index is 2.13. The topological polar surface area (TPSA) is 65.9 Å². The summed E-state index contributed by atoms with van der Waals surface area (Å²) >= 11 is 0. The zero-order valence-corrected chi connectivity index (χ0v) is 15.8. The number of nitrogens with one attached hydrogen (secondary N) is 2. The summed E-state index contributed by atoms with van der Waals surface area (Å²) in [5.74, 6) is 1.80. The number of fused-ring (bicyclic) bond motifs is 1. The van der Waals surface area contributed by atoms with E-state index in [2.05, 4.69) is 37.5 Å². The Labute approximate surface area is 151 Å². The van der Waals surface area contributed by atoms with Crippen molar-refractivity contribution >= 4 is 5.96 Å². The van der Waals surface area contributed by atoms with Gasteiger partial charge in [0.25, 0.3) is 0 Å². The maximum atomic E-state index is 9.41. The summed E-state index contributed by atoms with van der Waals surface area (Å²) in [6.45, 7) is 8.92. The van der Waals surface area contributed by atoms with Crippen LogP contribution < -0.4 is 15.4 Å². The van der Waals surface area contributed by atoms with Gasteiger partial charge >= 0.3 is 0 Å². The van der Waals surface area contributed by atoms with Crippen molar-refractivity contribution in [1.29, 1.82) is 0 Å². The third-order valence-corrected chi connectivity index (χ3v) is 5.33. The normalized spacial score (nSPS) is 17.6. The van der Waals surface area contributed by atoms with Crippen LogP contribution in [0.3, 0.4) is 0 Å². The molecule has 2 rings (SSSR count). The third kappa shape index (κ3) is 5.11. The standard InChI is InChI=1S/C20H33N3O2/c1-4-20(5-2,12-13-24)15-22-19(21-6-3)23-17-11-14-25-18-10-8-7-9-16(17)18/h7-10,17,24H,4-6,11-15H2,1-3H3,(H2,21,22,23). The van der Waals surface area contributed by atoms with Gasteiger partial charge in [-0.25, -0.2) is 0 Å². The lowest BCUT2D eigenvalue weighted by Gasteiger charge is -2.31. The first-order valence-electron chi connectivity index (χ1n) is 9.55. The van der Waals surface area contributed by atoms with E-state index in [1.807, 2.05) is 18.2 Å². The molecular formula is C20H33N3O2. The van der Waals surface area contributed by atoms with Crippen LogP contribution in [0.15, 0.2) is 29.3 Å². The monoisotopic (exact) mass is 347 g/mol. The lowest BCUT2D eigenvalue weighted by Crippen LogP contribution is -2.42. The number of hydrogen-bond acceptors (Lipinski definition) is 3. The molecule has 0 amide bonds. The smallest absolute Gasteiger partial charge is 0.191 e. The first-order valence-corrected chi connectivity index (χ1v) is 9.55. The fraction of sp³-hybridized carbons (Fsp3) is 0.650. The van der Waals surface area contributed by atoms with E-state index in [9.17, 15) is 5.11 Å². The molecule has 1 aromatic carbocycles. The second-order valence-corrected chi connectivity index (χ2v) is 6.75. The minimum absolute atomic E-state index is 0.0741. The highest BCUT2D eigenvalue weighted by molar-refractivity contribution is 5.80. The molecule has 0 saturated heterocycles. The van der Waals surface area contributed by atoms with Crippen molar-refractivity contribution in [3.8, 4) is 5.75 Å². The second-order valence-electron chi connectivity index (χ2n) is 6.75. The second kappa shape index (κ2) is 9.66. The van der Waals surface area contributed by atoms with Crippen molar-refractivity contribution in [2.75, 3.05) is 26.3 Å². The van der Waals surface area contributed by atoms with Gasteiger partial charge in [-0.2, -0.15) is 0 Å². The third-order valence-electron chi connectivity index (χ3n) is 5.33. The molecule has 0 radical (unpaired) electrons. The summed E-state index contributed by atoms with van der Waals surface area (Å²) in [7, 11) is 0. The zero-order chi connectivity index (χ0) is 18.1. The van der Waals surface area contributed by atoms with Crippen molar-refractivity contribution in [2.24, 2.45) is 10.4 Å². The minimum Gasteiger partial charge on any atom is -0.493 e. The van der Waals surface area contributed by atoms with Crippen LogP contribution in [0, 0.1) is 5.41 Å². The molecule has 1 unspecified atom stereocenters. The zero-order valence-electron chi connectivity index (χ0n) is 15.8. The fourth-order valence-electron chi connectivity index (χ4n) is 3.37. The molecule has 5 nitrogen and oxygen atoms in total. The molecule has 1 aliphatic heterocycles. The summed E-state index contributed by atoms with van der Waals surface area (Å²) in [4.78, 5) is 4.86. The molecule has 0 spiro atoms.